The summed E-state index contributed by atoms with van der Waals surface area (Å²) in [5.74, 6) is 0.141. The monoisotopic (exact) mass is 536 g/mol. The number of hydrogen-bond acceptors (Lipinski definition) is 7. The summed E-state index contributed by atoms with van der Waals surface area (Å²) >= 11 is 11.4. The molecule has 2 aromatic carbocycles. The van der Waals surface area contributed by atoms with Gasteiger partial charge in [0, 0.05) is 23.9 Å². The van der Waals surface area contributed by atoms with Crippen LogP contribution in [-0.2, 0) is 6.54 Å². The van der Waals surface area contributed by atoms with Crippen molar-refractivity contribution in [3.63, 3.8) is 0 Å². The van der Waals surface area contributed by atoms with E-state index in [9.17, 15) is 13.9 Å². The summed E-state index contributed by atoms with van der Waals surface area (Å²) in [5, 5.41) is 12.9. The van der Waals surface area contributed by atoms with Crippen LogP contribution in [-0.4, -0.2) is 21.7 Å². The Hall–Kier alpha value is -3.21. The lowest BCUT2D eigenvalue weighted by molar-refractivity contribution is 0.317. The number of hydrogen-bond donors (Lipinski definition) is 4. The van der Waals surface area contributed by atoms with Gasteiger partial charge in [0.05, 0.1) is 17.3 Å². The second kappa shape index (κ2) is 12.0. The third-order valence-electron chi connectivity index (χ3n) is 4.75. The van der Waals surface area contributed by atoms with Crippen molar-refractivity contribution in [3.8, 4) is 22.8 Å². The van der Waals surface area contributed by atoms with Crippen molar-refractivity contribution < 1.29 is 18.6 Å². The van der Waals surface area contributed by atoms with Crippen molar-refractivity contribution in [1.82, 2.24) is 9.97 Å². The van der Waals surface area contributed by atoms with Gasteiger partial charge in [0.25, 0.3) is 0 Å². The Morgan fingerprint density at radius 2 is 2.03 bits per heavy atom. The minimum atomic E-state index is -0.552. The normalized spacial score (nSPS) is 10.4. The lowest BCUT2D eigenvalue weighted by Gasteiger charge is -2.12. The van der Waals surface area contributed by atoms with Crippen LogP contribution in [0.2, 0.25) is 5.02 Å². The van der Waals surface area contributed by atoms with Crippen LogP contribution in [0.3, 0.4) is 0 Å². The number of phenolic OH excluding ortho intramolecular Hbond substituents is 1. The molecule has 0 aliphatic rings. The largest absolute Gasteiger partial charge is 0.504 e. The summed E-state index contributed by atoms with van der Waals surface area (Å²) in [4.78, 5) is 6.81. The first-order valence-corrected chi connectivity index (χ1v) is 12.0. The number of nitrogens with one attached hydrogen (secondary N) is 2. The van der Waals surface area contributed by atoms with Gasteiger partial charge in [-0.25, -0.2) is 9.37 Å². The highest BCUT2D eigenvalue weighted by Crippen LogP contribution is 2.31. The number of aryl methyl sites for hydroxylation is 1. The number of thiazole rings is 1. The fourth-order valence-electron chi connectivity index (χ4n) is 3.02. The van der Waals surface area contributed by atoms with E-state index < -0.39 is 10.9 Å². The molecule has 35 heavy (non-hydrogen) atoms. The van der Waals surface area contributed by atoms with Crippen molar-refractivity contribution in [3.05, 3.63) is 80.4 Å². The van der Waals surface area contributed by atoms with Gasteiger partial charge in [0.2, 0.25) is 5.13 Å². The van der Waals surface area contributed by atoms with Crippen LogP contribution < -0.4 is 15.8 Å². The molecule has 2 heterocycles. The van der Waals surface area contributed by atoms with Crippen molar-refractivity contribution in [2.24, 2.45) is 0 Å². The van der Waals surface area contributed by atoms with E-state index in [0.717, 1.165) is 38.9 Å². The van der Waals surface area contributed by atoms with Crippen molar-refractivity contribution in [1.29, 1.82) is 0 Å². The van der Waals surface area contributed by atoms with Crippen LogP contribution in [0.4, 0.5) is 19.6 Å². The molecule has 4 aromatic rings. The van der Waals surface area contributed by atoms with Crippen molar-refractivity contribution >= 4 is 46.0 Å². The number of aromatic amines is 1. The molecule has 2 aromatic heterocycles. The number of nitrogens with two attached hydrogens (primary N) is 1. The molecule has 0 unspecified atom stereocenters. The number of benzene rings is 2. The molecule has 0 spiro atoms. The average molecular weight is 537 g/mol. The lowest BCUT2D eigenvalue weighted by atomic mass is 10.2. The Kier molecular flexibility index (Phi) is 9.02. The summed E-state index contributed by atoms with van der Waals surface area (Å²) < 4.78 is 32.2. The van der Waals surface area contributed by atoms with E-state index >= 15 is 0 Å². The highest BCUT2D eigenvalue weighted by atomic mass is 35.5. The van der Waals surface area contributed by atoms with Gasteiger partial charge in [-0.1, -0.05) is 47.3 Å². The average Bonchev–Trinajstić information content (AvgIpc) is 3.17. The van der Waals surface area contributed by atoms with Gasteiger partial charge < -0.3 is 25.9 Å². The molecule has 0 amide bonds. The summed E-state index contributed by atoms with van der Waals surface area (Å²) in [6.07, 6.45) is 1.82. The predicted octanol–water partition coefficient (Wildman–Crippen LogP) is 7.09. The number of anilines is 2. The van der Waals surface area contributed by atoms with Gasteiger partial charge >= 0.3 is 0 Å². The highest BCUT2D eigenvalue weighted by molar-refractivity contribution is 7.71. The third kappa shape index (κ3) is 6.91. The summed E-state index contributed by atoms with van der Waals surface area (Å²) in [7, 11) is 0. The molecule has 0 atom stereocenters. The SMILES string of the molecule is CCOc1cccc(CNc2c[nH]c(=S)c(C)c2)c1O.Nc1nc(-c2ccc(F)c(Cl)c2)c(F)s1. The quantitative estimate of drug-likeness (QED) is 0.196. The minimum absolute atomic E-state index is 0.0709. The Labute approximate surface area is 215 Å². The fraction of sp³-hybridized carbons (Fsp3) is 0.167. The highest BCUT2D eigenvalue weighted by Gasteiger charge is 2.13. The first-order chi connectivity index (χ1) is 16.7. The third-order valence-corrected chi connectivity index (χ3v) is 6.15. The molecule has 6 nitrogen and oxygen atoms in total. The smallest absolute Gasteiger partial charge is 0.206 e. The Balaban J connectivity index is 0.000000203. The number of phenols is 1. The molecule has 4 rings (SSSR count). The Morgan fingerprint density at radius 1 is 1.26 bits per heavy atom. The maximum Gasteiger partial charge on any atom is 0.206 e. The zero-order valence-electron chi connectivity index (χ0n) is 18.9. The number of pyridine rings is 1. The molecule has 0 fully saturated rings. The van der Waals surface area contributed by atoms with E-state index in [4.69, 9.17) is 34.3 Å². The number of ether oxygens (including phenoxy) is 1. The van der Waals surface area contributed by atoms with E-state index in [-0.39, 0.29) is 21.6 Å². The van der Waals surface area contributed by atoms with E-state index in [1.807, 2.05) is 38.2 Å². The number of nitrogen functional groups attached to an aromatic ring is 1. The topological polar surface area (TPSA) is 96.2 Å². The predicted molar refractivity (Wildman–Crippen MR) is 140 cm³/mol. The molecule has 0 saturated heterocycles. The number of para-hydroxylation sites is 1. The molecule has 0 bridgehead atoms. The van der Waals surface area contributed by atoms with Crippen LogP contribution >= 0.6 is 35.2 Å². The van der Waals surface area contributed by atoms with E-state index in [0.29, 0.717) is 24.5 Å². The molecule has 0 radical (unpaired) electrons. The van der Waals surface area contributed by atoms with E-state index in [1.54, 1.807) is 6.07 Å². The molecule has 0 saturated carbocycles. The minimum Gasteiger partial charge on any atom is -0.504 e. The zero-order valence-corrected chi connectivity index (χ0v) is 21.3. The molecular weight excluding hydrogens is 514 g/mol. The van der Waals surface area contributed by atoms with Gasteiger partial charge in [-0.3, -0.25) is 0 Å². The van der Waals surface area contributed by atoms with Gasteiger partial charge in [-0.15, -0.1) is 0 Å². The van der Waals surface area contributed by atoms with Gasteiger partial charge in [0.1, 0.15) is 16.2 Å². The maximum atomic E-state index is 13.3. The van der Waals surface area contributed by atoms with Gasteiger partial charge in [-0.2, -0.15) is 4.39 Å². The van der Waals surface area contributed by atoms with Crippen LogP contribution in [0, 0.1) is 22.5 Å². The van der Waals surface area contributed by atoms with E-state index in [2.05, 4.69) is 15.3 Å². The lowest BCUT2D eigenvalue weighted by Crippen LogP contribution is -2.02. The number of nitrogens with zero attached hydrogens (tertiary/aromatic N) is 1. The van der Waals surface area contributed by atoms with E-state index in [1.165, 1.54) is 12.1 Å². The van der Waals surface area contributed by atoms with Crippen molar-refractivity contribution in [2.45, 2.75) is 20.4 Å². The Bertz CT molecular complexity index is 1380. The first-order valence-electron chi connectivity index (χ1n) is 10.4. The summed E-state index contributed by atoms with van der Waals surface area (Å²) in [6, 6.07) is 11.3. The second-order valence-corrected chi connectivity index (χ2v) is 9.05. The molecule has 0 aliphatic carbocycles. The standard InChI is InChI=1S/C15H18N2O2S.C9H5ClF2N2S/c1-3-19-13-6-4-5-11(14(13)18)8-16-12-7-10(2)15(20)17-9-12;10-5-3-4(1-2-6(5)11)7-8(12)15-9(13)14-7/h4-7,9,16,18H,3,8H2,1-2H3,(H,17,20);1-3H,(H2,13,14). The van der Waals surface area contributed by atoms with Crippen LogP contribution in [0.15, 0.2) is 48.7 Å². The number of halogens is 3. The molecular formula is C24H23ClF2N4O2S2. The number of aromatic nitrogens is 2. The van der Waals surface area contributed by atoms with Gasteiger partial charge in [-0.05, 0) is 49.7 Å². The Morgan fingerprint density at radius 3 is 2.66 bits per heavy atom. The fourth-order valence-corrected chi connectivity index (χ4v) is 3.90. The van der Waals surface area contributed by atoms with Crippen LogP contribution in [0.25, 0.3) is 11.3 Å². The number of rotatable bonds is 6. The first kappa shape index (κ1) is 26.4. The van der Waals surface area contributed by atoms with Crippen molar-refractivity contribution in [2.75, 3.05) is 17.7 Å². The second-order valence-electron chi connectivity index (χ2n) is 7.25. The molecule has 11 heteroatoms. The zero-order chi connectivity index (χ0) is 25.5. The number of H-pyrrole nitrogens is 1. The number of aromatic hydroxyl groups is 1. The molecule has 184 valence electrons. The molecule has 0 aliphatic heterocycles. The summed E-state index contributed by atoms with van der Waals surface area (Å²) in [5.41, 5.74) is 8.58. The maximum absolute atomic E-state index is 13.3. The summed E-state index contributed by atoms with van der Waals surface area (Å²) in [6.45, 7) is 4.88. The van der Waals surface area contributed by atoms with Crippen LogP contribution in [0.5, 0.6) is 11.5 Å². The molecule has 5 N–H and O–H groups in total. The van der Waals surface area contributed by atoms with Crippen LogP contribution in [0.1, 0.15) is 18.1 Å². The van der Waals surface area contributed by atoms with Gasteiger partial charge in [0.15, 0.2) is 16.6 Å².